The zero-order valence-electron chi connectivity index (χ0n) is 12.5. The van der Waals surface area contributed by atoms with Crippen LogP contribution in [0, 0.1) is 0 Å². The highest BCUT2D eigenvalue weighted by molar-refractivity contribution is 9.11. The fourth-order valence-corrected chi connectivity index (χ4v) is 3.43. The maximum atomic E-state index is 5.55. The van der Waals surface area contributed by atoms with Crippen molar-refractivity contribution in [1.82, 2.24) is 5.32 Å². The van der Waals surface area contributed by atoms with Crippen LogP contribution in [0.3, 0.4) is 0 Å². The molecular weight excluding hydrogens is 350 g/mol. The molecule has 114 valence electrons. The Labute approximate surface area is 138 Å². The quantitative estimate of drug-likeness (QED) is 0.772. The highest BCUT2D eigenvalue weighted by Gasteiger charge is 2.19. The first-order valence-electron chi connectivity index (χ1n) is 6.88. The number of nitrogens with one attached hydrogen (secondary N) is 1. The largest absolute Gasteiger partial charge is 0.497 e. The van der Waals surface area contributed by atoms with Crippen LogP contribution in [0.2, 0.25) is 0 Å². The molecule has 1 heterocycles. The molecule has 0 spiro atoms. The zero-order valence-corrected chi connectivity index (χ0v) is 14.9. The van der Waals surface area contributed by atoms with Crippen LogP contribution in [-0.4, -0.2) is 20.8 Å². The van der Waals surface area contributed by atoms with Gasteiger partial charge in [-0.2, -0.15) is 0 Å². The van der Waals surface area contributed by atoms with Crippen molar-refractivity contribution < 1.29 is 9.47 Å². The van der Waals surface area contributed by atoms with Crippen LogP contribution in [0.25, 0.3) is 0 Å². The van der Waals surface area contributed by atoms with E-state index in [1.54, 1.807) is 25.6 Å². The Bertz CT molecular complexity index is 585. The van der Waals surface area contributed by atoms with Gasteiger partial charge in [0.1, 0.15) is 11.5 Å². The standard InChI is InChI=1S/C16H20BrNO2S/c1-4-7-18-16(11-8-15(17)21-10-11)13-6-5-12(19-2)9-14(13)20-3/h5-6,8-10,16,18H,4,7H2,1-3H3. The van der Waals surface area contributed by atoms with E-state index in [0.717, 1.165) is 33.8 Å². The lowest BCUT2D eigenvalue weighted by Gasteiger charge is -2.21. The van der Waals surface area contributed by atoms with E-state index in [2.05, 4.69) is 45.7 Å². The van der Waals surface area contributed by atoms with Crippen molar-refractivity contribution in [2.24, 2.45) is 0 Å². The number of rotatable bonds is 7. The Balaban J connectivity index is 2.40. The van der Waals surface area contributed by atoms with E-state index in [4.69, 9.17) is 9.47 Å². The highest BCUT2D eigenvalue weighted by atomic mass is 79.9. The average Bonchev–Trinajstić information content (AvgIpc) is 2.94. The minimum absolute atomic E-state index is 0.119. The van der Waals surface area contributed by atoms with E-state index >= 15 is 0 Å². The molecule has 0 amide bonds. The van der Waals surface area contributed by atoms with Gasteiger partial charge >= 0.3 is 0 Å². The molecule has 3 nitrogen and oxygen atoms in total. The molecule has 2 aromatic rings. The van der Waals surface area contributed by atoms with Crippen LogP contribution in [0.1, 0.15) is 30.5 Å². The van der Waals surface area contributed by atoms with Gasteiger partial charge in [0.25, 0.3) is 0 Å². The van der Waals surface area contributed by atoms with Crippen LogP contribution < -0.4 is 14.8 Å². The van der Waals surface area contributed by atoms with E-state index in [1.165, 1.54) is 5.56 Å². The lowest BCUT2D eigenvalue weighted by Crippen LogP contribution is -2.23. The molecule has 2 rings (SSSR count). The topological polar surface area (TPSA) is 30.5 Å². The minimum atomic E-state index is 0.119. The Kier molecular flexibility index (Phi) is 6.08. The van der Waals surface area contributed by atoms with Gasteiger partial charge in [0.05, 0.1) is 24.0 Å². The average molecular weight is 370 g/mol. The van der Waals surface area contributed by atoms with Crippen LogP contribution in [-0.2, 0) is 0 Å². The molecule has 1 N–H and O–H groups in total. The van der Waals surface area contributed by atoms with E-state index < -0.39 is 0 Å². The third kappa shape index (κ3) is 3.99. The van der Waals surface area contributed by atoms with Crippen LogP contribution >= 0.6 is 27.3 Å². The Morgan fingerprint density at radius 2 is 2.05 bits per heavy atom. The molecule has 1 unspecified atom stereocenters. The second-order valence-corrected chi connectivity index (χ2v) is 6.97. The molecule has 0 saturated heterocycles. The summed E-state index contributed by atoms with van der Waals surface area (Å²) in [4.78, 5) is 0. The number of hydrogen-bond acceptors (Lipinski definition) is 4. The fourth-order valence-electron chi connectivity index (χ4n) is 2.23. The van der Waals surface area contributed by atoms with Crippen LogP contribution in [0.4, 0.5) is 0 Å². The number of thiophene rings is 1. The second-order valence-electron chi connectivity index (χ2n) is 4.68. The van der Waals surface area contributed by atoms with Crippen molar-refractivity contribution in [3.05, 3.63) is 44.6 Å². The van der Waals surface area contributed by atoms with Crippen LogP contribution in [0.5, 0.6) is 11.5 Å². The molecule has 0 bridgehead atoms. The predicted octanol–water partition coefficient (Wildman–Crippen LogP) is 4.62. The molecule has 5 heteroatoms. The lowest BCUT2D eigenvalue weighted by molar-refractivity contribution is 0.387. The van der Waals surface area contributed by atoms with Crippen molar-refractivity contribution >= 4 is 27.3 Å². The molecule has 0 fully saturated rings. The molecule has 0 radical (unpaired) electrons. The van der Waals surface area contributed by atoms with E-state index in [1.807, 2.05) is 12.1 Å². The number of hydrogen-bond donors (Lipinski definition) is 1. The molecule has 1 aromatic heterocycles. The molecule has 1 atom stereocenters. The maximum Gasteiger partial charge on any atom is 0.127 e. The van der Waals surface area contributed by atoms with Gasteiger partial charge in [-0.1, -0.05) is 6.92 Å². The molecule has 21 heavy (non-hydrogen) atoms. The lowest BCUT2D eigenvalue weighted by atomic mass is 10.00. The smallest absolute Gasteiger partial charge is 0.127 e. The number of methoxy groups -OCH3 is 2. The van der Waals surface area contributed by atoms with Gasteiger partial charge < -0.3 is 14.8 Å². The SMILES string of the molecule is CCCNC(c1csc(Br)c1)c1ccc(OC)cc1OC. The highest BCUT2D eigenvalue weighted by Crippen LogP contribution is 2.35. The molecule has 0 saturated carbocycles. The fraction of sp³-hybridized carbons (Fsp3) is 0.375. The monoisotopic (exact) mass is 369 g/mol. The molecule has 0 aliphatic carbocycles. The van der Waals surface area contributed by atoms with Gasteiger partial charge in [0, 0.05) is 11.6 Å². The van der Waals surface area contributed by atoms with Crippen molar-refractivity contribution in [3.8, 4) is 11.5 Å². The zero-order chi connectivity index (χ0) is 15.2. The van der Waals surface area contributed by atoms with Gasteiger partial charge in [-0.05, 0) is 58.0 Å². The normalized spacial score (nSPS) is 12.2. The summed E-state index contributed by atoms with van der Waals surface area (Å²) in [5.41, 5.74) is 2.36. The molecule has 0 aliphatic rings. The summed E-state index contributed by atoms with van der Waals surface area (Å²) >= 11 is 5.23. The molecule has 1 aromatic carbocycles. The Morgan fingerprint density at radius 3 is 2.62 bits per heavy atom. The summed E-state index contributed by atoms with van der Waals surface area (Å²) in [6.07, 6.45) is 1.08. The number of benzene rings is 1. The third-order valence-electron chi connectivity index (χ3n) is 3.27. The number of halogens is 1. The van der Waals surface area contributed by atoms with Crippen LogP contribution in [0.15, 0.2) is 33.4 Å². The predicted molar refractivity (Wildman–Crippen MR) is 91.7 cm³/mol. The van der Waals surface area contributed by atoms with Crippen molar-refractivity contribution in [2.45, 2.75) is 19.4 Å². The first-order valence-corrected chi connectivity index (χ1v) is 8.56. The summed E-state index contributed by atoms with van der Waals surface area (Å²) in [6, 6.07) is 8.24. The summed E-state index contributed by atoms with van der Waals surface area (Å²) < 4.78 is 12.0. The van der Waals surface area contributed by atoms with E-state index in [0.29, 0.717) is 0 Å². The second kappa shape index (κ2) is 7.82. The summed E-state index contributed by atoms with van der Waals surface area (Å²) in [5, 5.41) is 5.76. The molecular formula is C16H20BrNO2S. The first kappa shape index (κ1) is 16.3. The molecule has 0 aliphatic heterocycles. The van der Waals surface area contributed by atoms with E-state index in [9.17, 15) is 0 Å². The summed E-state index contributed by atoms with van der Waals surface area (Å²) in [7, 11) is 3.36. The minimum Gasteiger partial charge on any atom is -0.497 e. The van der Waals surface area contributed by atoms with Crippen molar-refractivity contribution in [1.29, 1.82) is 0 Å². The van der Waals surface area contributed by atoms with E-state index in [-0.39, 0.29) is 6.04 Å². The van der Waals surface area contributed by atoms with Gasteiger partial charge in [0.2, 0.25) is 0 Å². The first-order chi connectivity index (χ1) is 10.2. The number of ether oxygens (including phenoxy) is 2. The Hall–Kier alpha value is -1.04. The van der Waals surface area contributed by atoms with Crippen molar-refractivity contribution in [2.75, 3.05) is 20.8 Å². The summed E-state index contributed by atoms with van der Waals surface area (Å²) in [5.74, 6) is 1.64. The van der Waals surface area contributed by atoms with Gasteiger partial charge in [0.15, 0.2) is 0 Å². The van der Waals surface area contributed by atoms with Gasteiger partial charge in [-0.3, -0.25) is 0 Å². The maximum absolute atomic E-state index is 5.55. The van der Waals surface area contributed by atoms with Crippen molar-refractivity contribution in [3.63, 3.8) is 0 Å². The third-order valence-corrected chi connectivity index (χ3v) is 4.79. The Morgan fingerprint density at radius 1 is 1.24 bits per heavy atom. The van der Waals surface area contributed by atoms with Gasteiger partial charge in [-0.15, -0.1) is 11.3 Å². The summed E-state index contributed by atoms with van der Waals surface area (Å²) in [6.45, 7) is 3.12. The van der Waals surface area contributed by atoms with Gasteiger partial charge in [-0.25, -0.2) is 0 Å².